The highest BCUT2D eigenvalue weighted by molar-refractivity contribution is 7.47. The van der Waals surface area contributed by atoms with E-state index >= 15 is 0 Å². The minimum Gasteiger partial charge on any atom is -0.462 e. The molecule has 91 heavy (non-hydrogen) atoms. The monoisotopic (exact) mass is 1340 g/mol. The molecule has 0 fully saturated rings. The second-order valence-electron chi connectivity index (χ2n) is 26.5. The summed E-state index contributed by atoms with van der Waals surface area (Å²) in [6.07, 6.45) is 52.8. The Bertz CT molecular complexity index is 1750. The number of carbonyl (C=O) groups is 4. The van der Waals surface area contributed by atoms with E-state index in [4.69, 9.17) is 37.0 Å². The van der Waals surface area contributed by atoms with Crippen LogP contribution in [0.4, 0.5) is 0 Å². The summed E-state index contributed by atoms with van der Waals surface area (Å²) in [7, 11) is -9.90. The molecule has 0 radical (unpaired) electrons. The van der Waals surface area contributed by atoms with E-state index in [0.29, 0.717) is 25.7 Å². The van der Waals surface area contributed by atoms with Crippen LogP contribution in [-0.2, 0) is 65.4 Å². The van der Waals surface area contributed by atoms with Crippen LogP contribution in [0.5, 0.6) is 0 Å². The van der Waals surface area contributed by atoms with Crippen LogP contribution >= 0.6 is 15.6 Å². The van der Waals surface area contributed by atoms with Gasteiger partial charge in [0.1, 0.15) is 19.3 Å². The topological polar surface area (TPSA) is 237 Å². The maximum atomic E-state index is 13.0. The van der Waals surface area contributed by atoms with E-state index in [2.05, 4.69) is 34.6 Å². The molecule has 19 heteroatoms. The Morgan fingerprint density at radius 2 is 0.505 bits per heavy atom. The first-order chi connectivity index (χ1) is 44.0. The molecule has 0 saturated carbocycles. The largest absolute Gasteiger partial charge is 0.472 e. The van der Waals surface area contributed by atoms with Gasteiger partial charge in [-0.05, 0) is 31.6 Å². The van der Waals surface area contributed by atoms with Gasteiger partial charge in [0.25, 0.3) is 0 Å². The molecule has 5 atom stereocenters. The van der Waals surface area contributed by atoms with Crippen molar-refractivity contribution in [3.63, 3.8) is 0 Å². The summed E-state index contributed by atoms with van der Waals surface area (Å²) < 4.78 is 68.3. The van der Waals surface area contributed by atoms with Crippen molar-refractivity contribution in [1.82, 2.24) is 0 Å². The van der Waals surface area contributed by atoms with Crippen molar-refractivity contribution in [3.8, 4) is 0 Å². The van der Waals surface area contributed by atoms with E-state index in [1.165, 1.54) is 193 Å². The summed E-state index contributed by atoms with van der Waals surface area (Å²) >= 11 is 0. The number of ether oxygens (including phenoxy) is 4. The summed E-state index contributed by atoms with van der Waals surface area (Å²) in [6.45, 7) is 7.24. The highest BCUT2D eigenvalue weighted by atomic mass is 31.2. The molecule has 0 bridgehead atoms. The minimum absolute atomic E-state index is 0.106. The third-order valence-electron chi connectivity index (χ3n) is 16.8. The van der Waals surface area contributed by atoms with Crippen LogP contribution in [0.1, 0.15) is 375 Å². The Balaban J connectivity index is 5.20. The van der Waals surface area contributed by atoms with Gasteiger partial charge >= 0.3 is 39.5 Å². The Morgan fingerprint density at radius 3 is 0.747 bits per heavy atom. The van der Waals surface area contributed by atoms with Gasteiger partial charge in [-0.3, -0.25) is 37.3 Å². The summed E-state index contributed by atoms with van der Waals surface area (Å²) in [4.78, 5) is 72.5. The number of hydrogen-bond donors (Lipinski definition) is 3. The summed E-state index contributed by atoms with van der Waals surface area (Å²) in [5, 5.41) is 10.6. The molecule has 0 aromatic rings. The van der Waals surface area contributed by atoms with Crippen LogP contribution in [0.3, 0.4) is 0 Å². The van der Waals surface area contributed by atoms with Crippen molar-refractivity contribution in [3.05, 3.63) is 0 Å². The van der Waals surface area contributed by atoms with Crippen molar-refractivity contribution in [2.75, 3.05) is 39.6 Å². The molecule has 0 aromatic carbocycles. The van der Waals surface area contributed by atoms with Crippen molar-refractivity contribution < 1.29 is 80.2 Å². The number of esters is 4. The van der Waals surface area contributed by atoms with Crippen molar-refractivity contribution in [1.29, 1.82) is 0 Å². The Hall–Kier alpha value is -1.94. The standard InChI is InChI=1S/C72H140O17P2/c1-6-9-12-15-18-21-23-24-25-26-27-28-29-34-38-43-48-53-58-72(77)89-68(62-83-70(75)56-51-46-41-37-33-31-30-32-35-39-44-49-54-65(4)5)64-87-91(80,81)85-60-66(73)59-84-90(78,79)86-63-67(61-82-69(74)55-50-45-40-20-17-14-11-8-3)88-71(76)57-52-47-42-36-22-19-16-13-10-7-2/h65-68,73H,6-64H2,1-5H3,(H,78,79)(H,80,81)/t66-,67+,68+/m0/s1. The van der Waals surface area contributed by atoms with Crippen LogP contribution in [-0.4, -0.2) is 96.7 Å². The number of aliphatic hydroxyl groups excluding tert-OH is 1. The quantitative estimate of drug-likeness (QED) is 0.0222. The van der Waals surface area contributed by atoms with Crippen LogP contribution in [0.2, 0.25) is 0 Å². The molecule has 0 amide bonds. The summed E-state index contributed by atoms with van der Waals surface area (Å²) in [5.41, 5.74) is 0. The number of carbonyl (C=O) groups excluding carboxylic acids is 4. The molecule has 0 heterocycles. The average Bonchev–Trinajstić information content (AvgIpc) is 3.72. The van der Waals surface area contributed by atoms with Gasteiger partial charge in [-0.2, -0.15) is 0 Å². The van der Waals surface area contributed by atoms with Gasteiger partial charge in [0.2, 0.25) is 0 Å². The second kappa shape index (κ2) is 65.4. The molecule has 0 rings (SSSR count). The van der Waals surface area contributed by atoms with Gasteiger partial charge < -0.3 is 33.8 Å². The fourth-order valence-electron chi connectivity index (χ4n) is 11.0. The van der Waals surface area contributed by atoms with Crippen molar-refractivity contribution in [2.45, 2.75) is 393 Å². The average molecular weight is 1340 g/mol. The van der Waals surface area contributed by atoms with E-state index < -0.39 is 97.5 Å². The Kier molecular flexibility index (Phi) is 64.0. The number of hydrogen-bond acceptors (Lipinski definition) is 15. The molecule has 2 unspecified atom stereocenters. The normalized spacial score (nSPS) is 14.0. The molecule has 0 aliphatic carbocycles. The third-order valence-corrected chi connectivity index (χ3v) is 18.7. The lowest BCUT2D eigenvalue weighted by atomic mass is 10.0. The summed E-state index contributed by atoms with van der Waals surface area (Å²) in [6, 6.07) is 0. The molecular formula is C72H140O17P2. The SMILES string of the molecule is CCCCCCCCCCCCCCCCCCCCC(=O)O[C@H](COC(=O)CCCCCCCCCCCCCCC(C)C)COP(=O)(O)OC[C@@H](O)COP(=O)(O)OC[C@@H](COC(=O)CCCCCCCCCC)OC(=O)CCCCCCCCCCCC. The third kappa shape index (κ3) is 66.5. The smallest absolute Gasteiger partial charge is 0.462 e. The predicted molar refractivity (Wildman–Crippen MR) is 368 cm³/mol. The lowest BCUT2D eigenvalue weighted by Gasteiger charge is -2.21. The minimum atomic E-state index is -4.95. The number of phosphoric acid groups is 2. The van der Waals surface area contributed by atoms with Gasteiger partial charge in [0, 0.05) is 25.7 Å². The van der Waals surface area contributed by atoms with Gasteiger partial charge in [-0.15, -0.1) is 0 Å². The highest BCUT2D eigenvalue weighted by Crippen LogP contribution is 2.45. The van der Waals surface area contributed by atoms with Crippen LogP contribution < -0.4 is 0 Å². The Labute approximate surface area is 556 Å². The highest BCUT2D eigenvalue weighted by Gasteiger charge is 2.30. The molecule has 0 spiro atoms. The first-order valence-electron chi connectivity index (χ1n) is 37.6. The predicted octanol–water partition coefficient (Wildman–Crippen LogP) is 20.9. The molecule has 3 N–H and O–H groups in total. The first-order valence-corrected chi connectivity index (χ1v) is 40.6. The lowest BCUT2D eigenvalue weighted by molar-refractivity contribution is -0.161. The van der Waals surface area contributed by atoms with Crippen LogP contribution in [0, 0.1) is 5.92 Å². The molecule has 540 valence electrons. The first kappa shape index (κ1) is 89.1. The van der Waals surface area contributed by atoms with Gasteiger partial charge in [-0.25, -0.2) is 9.13 Å². The van der Waals surface area contributed by atoms with E-state index in [0.717, 1.165) is 102 Å². The van der Waals surface area contributed by atoms with Gasteiger partial charge in [-0.1, -0.05) is 324 Å². The van der Waals surface area contributed by atoms with Crippen LogP contribution in [0.15, 0.2) is 0 Å². The van der Waals surface area contributed by atoms with Crippen molar-refractivity contribution >= 4 is 39.5 Å². The molecule has 0 aromatic heterocycles. The fourth-order valence-corrected chi connectivity index (χ4v) is 12.6. The maximum absolute atomic E-state index is 13.0. The number of aliphatic hydroxyl groups is 1. The number of unbranched alkanes of at least 4 members (excludes halogenated alkanes) is 44. The Morgan fingerprint density at radius 1 is 0.297 bits per heavy atom. The van der Waals surface area contributed by atoms with E-state index in [1.807, 2.05) is 0 Å². The van der Waals surface area contributed by atoms with Gasteiger partial charge in [0.15, 0.2) is 12.2 Å². The van der Waals surface area contributed by atoms with E-state index in [1.54, 1.807) is 0 Å². The van der Waals surface area contributed by atoms with E-state index in [-0.39, 0.29) is 25.7 Å². The van der Waals surface area contributed by atoms with Gasteiger partial charge in [0.05, 0.1) is 26.4 Å². The molecule has 17 nitrogen and oxygen atoms in total. The number of rotatable bonds is 72. The maximum Gasteiger partial charge on any atom is 0.472 e. The zero-order valence-corrected chi connectivity index (χ0v) is 60.8. The second-order valence-corrected chi connectivity index (χ2v) is 29.4. The van der Waals surface area contributed by atoms with Crippen molar-refractivity contribution in [2.24, 2.45) is 5.92 Å². The lowest BCUT2D eigenvalue weighted by Crippen LogP contribution is -2.30. The molecule has 0 aliphatic rings. The van der Waals surface area contributed by atoms with E-state index in [9.17, 15) is 43.2 Å². The number of phosphoric ester groups is 2. The fraction of sp³-hybridized carbons (Fsp3) is 0.944. The molecule has 0 saturated heterocycles. The summed E-state index contributed by atoms with van der Waals surface area (Å²) in [5.74, 6) is -1.34. The molecular weight excluding hydrogens is 1200 g/mol. The van der Waals surface area contributed by atoms with Crippen LogP contribution in [0.25, 0.3) is 0 Å². The molecule has 0 aliphatic heterocycles. The zero-order chi connectivity index (χ0) is 67.0. The zero-order valence-electron chi connectivity index (χ0n) is 59.0.